The number of sulfonamides is 1. The molecule has 4 N–H and O–H groups in total. The standard InChI is InChI=1S/C13H11BrN2O4S/c14-8-2-1-3-9(6-8)16-21(19,20)10-4-5-12(17)11(7-10)13(15)18/h1-7,16-17H,(H2,15,18). The van der Waals surface area contributed by atoms with Crippen molar-refractivity contribution in [2.24, 2.45) is 5.73 Å². The van der Waals surface area contributed by atoms with Crippen molar-refractivity contribution < 1.29 is 18.3 Å². The summed E-state index contributed by atoms with van der Waals surface area (Å²) in [5, 5.41) is 9.47. The topological polar surface area (TPSA) is 109 Å². The minimum atomic E-state index is -3.89. The van der Waals surface area contributed by atoms with Crippen LogP contribution in [0.3, 0.4) is 0 Å². The summed E-state index contributed by atoms with van der Waals surface area (Å²) in [6.45, 7) is 0. The SMILES string of the molecule is NC(=O)c1cc(S(=O)(=O)Nc2cccc(Br)c2)ccc1O. The maximum absolute atomic E-state index is 12.2. The van der Waals surface area contributed by atoms with Gasteiger partial charge in [-0.25, -0.2) is 8.42 Å². The fourth-order valence-corrected chi connectivity index (χ4v) is 3.12. The highest BCUT2D eigenvalue weighted by Crippen LogP contribution is 2.24. The molecule has 0 bridgehead atoms. The molecule has 0 aliphatic heterocycles. The Hall–Kier alpha value is -2.06. The first-order chi connectivity index (χ1) is 9.79. The van der Waals surface area contributed by atoms with Crippen LogP contribution in [0.25, 0.3) is 0 Å². The van der Waals surface area contributed by atoms with E-state index in [1.807, 2.05) is 0 Å². The van der Waals surface area contributed by atoms with Gasteiger partial charge in [-0.15, -0.1) is 0 Å². The van der Waals surface area contributed by atoms with E-state index in [1.54, 1.807) is 24.3 Å². The molecule has 21 heavy (non-hydrogen) atoms. The zero-order chi connectivity index (χ0) is 15.6. The Morgan fingerprint density at radius 3 is 2.52 bits per heavy atom. The van der Waals surface area contributed by atoms with Crippen LogP contribution < -0.4 is 10.5 Å². The maximum Gasteiger partial charge on any atom is 0.261 e. The summed E-state index contributed by atoms with van der Waals surface area (Å²) in [6, 6.07) is 9.91. The summed E-state index contributed by atoms with van der Waals surface area (Å²) in [4.78, 5) is 11.0. The lowest BCUT2D eigenvalue weighted by molar-refractivity contribution is 0.0997. The molecule has 2 rings (SSSR count). The number of phenols is 1. The summed E-state index contributed by atoms with van der Waals surface area (Å²) in [7, 11) is -3.89. The molecule has 0 atom stereocenters. The second kappa shape index (κ2) is 5.74. The average Bonchev–Trinajstić information content (AvgIpc) is 2.38. The molecular formula is C13H11BrN2O4S. The highest BCUT2D eigenvalue weighted by Gasteiger charge is 2.18. The molecule has 0 aromatic heterocycles. The Morgan fingerprint density at radius 1 is 1.19 bits per heavy atom. The van der Waals surface area contributed by atoms with Crippen molar-refractivity contribution in [3.05, 3.63) is 52.5 Å². The number of carbonyl (C=O) groups is 1. The number of benzene rings is 2. The Kier molecular flexibility index (Phi) is 4.19. The number of anilines is 1. The predicted molar refractivity (Wildman–Crippen MR) is 81.6 cm³/mol. The highest BCUT2D eigenvalue weighted by atomic mass is 79.9. The van der Waals surface area contributed by atoms with Crippen LogP contribution in [-0.4, -0.2) is 19.4 Å². The van der Waals surface area contributed by atoms with Crippen molar-refractivity contribution in [1.82, 2.24) is 0 Å². The summed E-state index contributed by atoms with van der Waals surface area (Å²) >= 11 is 3.24. The third-order valence-corrected chi connectivity index (χ3v) is 4.49. The van der Waals surface area contributed by atoms with Crippen LogP contribution in [0.5, 0.6) is 5.75 Å². The smallest absolute Gasteiger partial charge is 0.261 e. The Balaban J connectivity index is 2.40. The summed E-state index contributed by atoms with van der Waals surface area (Å²) in [6.07, 6.45) is 0. The van der Waals surface area contributed by atoms with Gasteiger partial charge >= 0.3 is 0 Å². The molecule has 0 unspecified atom stereocenters. The first-order valence-electron chi connectivity index (χ1n) is 5.71. The Labute approximate surface area is 129 Å². The van der Waals surface area contributed by atoms with Crippen LogP contribution in [0.15, 0.2) is 51.8 Å². The summed E-state index contributed by atoms with van der Waals surface area (Å²) in [5.74, 6) is -1.28. The van der Waals surface area contributed by atoms with E-state index in [-0.39, 0.29) is 16.2 Å². The number of amides is 1. The van der Waals surface area contributed by atoms with Crippen LogP contribution in [0.4, 0.5) is 5.69 Å². The van der Waals surface area contributed by atoms with E-state index >= 15 is 0 Å². The number of carbonyl (C=O) groups excluding carboxylic acids is 1. The predicted octanol–water partition coefficient (Wildman–Crippen LogP) is 2.05. The molecule has 110 valence electrons. The molecule has 0 radical (unpaired) electrons. The second-order valence-electron chi connectivity index (χ2n) is 4.16. The quantitative estimate of drug-likeness (QED) is 0.764. The van der Waals surface area contributed by atoms with Crippen LogP contribution in [0, 0.1) is 0 Å². The lowest BCUT2D eigenvalue weighted by Gasteiger charge is -2.09. The van der Waals surface area contributed by atoms with Crippen molar-refractivity contribution >= 4 is 37.5 Å². The lowest BCUT2D eigenvalue weighted by atomic mass is 10.2. The molecule has 0 fully saturated rings. The zero-order valence-corrected chi connectivity index (χ0v) is 13.0. The highest BCUT2D eigenvalue weighted by molar-refractivity contribution is 9.10. The summed E-state index contributed by atoms with van der Waals surface area (Å²) < 4.78 is 27.6. The first kappa shape index (κ1) is 15.3. The van der Waals surface area contributed by atoms with Gasteiger partial charge in [0.25, 0.3) is 15.9 Å². The molecule has 2 aromatic carbocycles. The van der Waals surface area contributed by atoms with Crippen molar-refractivity contribution in [3.63, 3.8) is 0 Å². The van der Waals surface area contributed by atoms with E-state index in [2.05, 4.69) is 20.7 Å². The van der Waals surface area contributed by atoms with Gasteiger partial charge in [0.1, 0.15) is 5.75 Å². The maximum atomic E-state index is 12.2. The van der Waals surface area contributed by atoms with E-state index < -0.39 is 15.9 Å². The van der Waals surface area contributed by atoms with Gasteiger partial charge in [0, 0.05) is 10.2 Å². The molecule has 1 amide bonds. The number of halogens is 1. The zero-order valence-electron chi connectivity index (χ0n) is 10.6. The normalized spacial score (nSPS) is 11.1. The van der Waals surface area contributed by atoms with E-state index in [0.717, 1.165) is 12.1 Å². The second-order valence-corrected chi connectivity index (χ2v) is 6.76. The van der Waals surface area contributed by atoms with Crippen molar-refractivity contribution in [2.75, 3.05) is 4.72 Å². The molecule has 2 aromatic rings. The van der Waals surface area contributed by atoms with E-state index in [0.29, 0.717) is 10.2 Å². The lowest BCUT2D eigenvalue weighted by Crippen LogP contribution is -2.16. The number of aromatic hydroxyl groups is 1. The number of rotatable bonds is 4. The fourth-order valence-electron chi connectivity index (χ4n) is 1.65. The number of nitrogens with one attached hydrogen (secondary N) is 1. The van der Waals surface area contributed by atoms with Gasteiger partial charge in [-0.05, 0) is 36.4 Å². The fraction of sp³-hybridized carbons (Fsp3) is 0. The Bertz CT molecular complexity index is 806. The van der Waals surface area contributed by atoms with E-state index in [4.69, 9.17) is 5.73 Å². The molecule has 0 saturated carbocycles. The van der Waals surface area contributed by atoms with Gasteiger partial charge < -0.3 is 10.8 Å². The van der Waals surface area contributed by atoms with Gasteiger partial charge in [-0.2, -0.15) is 0 Å². The molecular weight excluding hydrogens is 360 g/mol. The van der Waals surface area contributed by atoms with Gasteiger partial charge in [0.05, 0.1) is 10.5 Å². The molecule has 0 aliphatic carbocycles. The number of hydrogen-bond donors (Lipinski definition) is 3. The Morgan fingerprint density at radius 2 is 1.90 bits per heavy atom. The van der Waals surface area contributed by atoms with Gasteiger partial charge in [0.15, 0.2) is 0 Å². The minimum absolute atomic E-state index is 0.172. The number of hydrogen-bond acceptors (Lipinski definition) is 4. The van der Waals surface area contributed by atoms with Gasteiger partial charge in [-0.3, -0.25) is 9.52 Å². The van der Waals surface area contributed by atoms with Crippen LogP contribution in [0.1, 0.15) is 10.4 Å². The third kappa shape index (κ3) is 3.53. The first-order valence-corrected chi connectivity index (χ1v) is 7.98. The average molecular weight is 371 g/mol. The number of primary amides is 1. The van der Waals surface area contributed by atoms with Crippen LogP contribution >= 0.6 is 15.9 Å². The molecule has 0 spiro atoms. The van der Waals surface area contributed by atoms with Gasteiger partial charge in [-0.1, -0.05) is 22.0 Å². The third-order valence-electron chi connectivity index (χ3n) is 2.62. The summed E-state index contributed by atoms with van der Waals surface area (Å²) in [5.41, 5.74) is 5.18. The molecule has 8 heteroatoms. The van der Waals surface area contributed by atoms with E-state index in [9.17, 15) is 18.3 Å². The monoisotopic (exact) mass is 370 g/mol. The van der Waals surface area contributed by atoms with Crippen LogP contribution in [-0.2, 0) is 10.0 Å². The van der Waals surface area contributed by atoms with Crippen molar-refractivity contribution in [3.8, 4) is 5.75 Å². The molecule has 0 aliphatic rings. The largest absolute Gasteiger partial charge is 0.507 e. The van der Waals surface area contributed by atoms with Crippen LogP contribution in [0.2, 0.25) is 0 Å². The molecule has 0 saturated heterocycles. The van der Waals surface area contributed by atoms with Crippen molar-refractivity contribution in [2.45, 2.75) is 4.90 Å². The molecule has 0 heterocycles. The van der Waals surface area contributed by atoms with E-state index in [1.165, 1.54) is 6.07 Å². The number of nitrogens with two attached hydrogens (primary N) is 1. The minimum Gasteiger partial charge on any atom is -0.507 e. The van der Waals surface area contributed by atoms with Crippen molar-refractivity contribution in [1.29, 1.82) is 0 Å². The molecule has 6 nitrogen and oxygen atoms in total. The van der Waals surface area contributed by atoms with Gasteiger partial charge in [0.2, 0.25) is 0 Å².